The fraction of sp³-hybridized carbons (Fsp3) is 0.273. The maximum Gasteiger partial charge on any atom is 0.273 e. The Labute approximate surface area is 169 Å². The van der Waals surface area contributed by atoms with Gasteiger partial charge < -0.3 is 11.1 Å². The first-order chi connectivity index (χ1) is 14.0. The van der Waals surface area contributed by atoms with Gasteiger partial charge in [-0.25, -0.2) is 0 Å². The molecule has 3 aromatic rings. The van der Waals surface area contributed by atoms with Crippen molar-refractivity contribution in [3.05, 3.63) is 65.9 Å². The molecule has 7 nitrogen and oxygen atoms in total. The van der Waals surface area contributed by atoms with E-state index in [1.165, 1.54) is 0 Å². The molecule has 0 saturated carbocycles. The number of aryl methyl sites for hydroxylation is 1. The summed E-state index contributed by atoms with van der Waals surface area (Å²) < 4.78 is 1.77. The predicted octanol–water partition coefficient (Wildman–Crippen LogP) is 2.86. The van der Waals surface area contributed by atoms with E-state index >= 15 is 0 Å². The highest BCUT2D eigenvalue weighted by molar-refractivity contribution is 6.06. The minimum Gasteiger partial charge on any atom is -0.367 e. The lowest BCUT2D eigenvalue weighted by Crippen LogP contribution is -2.52. The number of fused-ring (bicyclic) bond motifs is 1. The summed E-state index contributed by atoms with van der Waals surface area (Å²) in [5, 5.41) is 16.7. The zero-order valence-electron chi connectivity index (χ0n) is 16.3. The standard InChI is InChI=1S/C22H23N5O2/c1-22(21(24)29,16-10-4-2-5-11-16)25-20(28)19-17-12-6-7-13-18(17)27(26-19)15-9-3-8-14-23/h2,4-7,10-13H,3,8-9,15H2,1H3,(H2,24,29)(H,25,28)/t22-/m0/s1. The van der Waals surface area contributed by atoms with Gasteiger partial charge in [0.2, 0.25) is 5.91 Å². The summed E-state index contributed by atoms with van der Waals surface area (Å²) in [5.74, 6) is -1.13. The Hall–Kier alpha value is -3.66. The molecule has 3 N–H and O–H groups in total. The van der Waals surface area contributed by atoms with Gasteiger partial charge in [0.25, 0.3) is 5.91 Å². The first-order valence-electron chi connectivity index (χ1n) is 9.48. The molecule has 3 rings (SSSR count). The van der Waals surface area contributed by atoms with Crippen LogP contribution < -0.4 is 11.1 Å². The van der Waals surface area contributed by atoms with E-state index < -0.39 is 17.4 Å². The minimum absolute atomic E-state index is 0.240. The van der Waals surface area contributed by atoms with E-state index in [1.54, 1.807) is 35.9 Å². The number of unbranched alkanes of at least 4 members (excludes halogenated alkanes) is 2. The number of nitrogens with zero attached hydrogens (tertiary/aromatic N) is 3. The minimum atomic E-state index is -1.37. The lowest BCUT2D eigenvalue weighted by atomic mass is 9.91. The molecule has 0 aliphatic carbocycles. The van der Waals surface area contributed by atoms with Crippen LogP contribution in [0.5, 0.6) is 0 Å². The molecule has 2 aromatic carbocycles. The molecule has 1 heterocycles. The van der Waals surface area contributed by atoms with Gasteiger partial charge >= 0.3 is 0 Å². The Bertz CT molecular complexity index is 1070. The molecular weight excluding hydrogens is 366 g/mol. The smallest absolute Gasteiger partial charge is 0.273 e. The summed E-state index contributed by atoms with van der Waals surface area (Å²) in [6.07, 6.45) is 2.03. The zero-order chi connectivity index (χ0) is 20.9. The Kier molecular flexibility index (Phi) is 5.93. The van der Waals surface area contributed by atoms with Crippen LogP contribution in [0.25, 0.3) is 10.9 Å². The van der Waals surface area contributed by atoms with Gasteiger partial charge in [0.15, 0.2) is 5.69 Å². The van der Waals surface area contributed by atoms with Crippen LogP contribution in [-0.4, -0.2) is 21.6 Å². The van der Waals surface area contributed by atoms with Crippen molar-refractivity contribution in [1.29, 1.82) is 5.26 Å². The fourth-order valence-corrected chi connectivity index (χ4v) is 3.26. The van der Waals surface area contributed by atoms with E-state index in [9.17, 15) is 9.59 Å². The van der Waals surface area contributed by atoms with Gasteiger partial charge in [-0.2, -0.15) is 10.4 Å². The molecule has 0 bridgehead atoms. The van der Waals surface area contributed by atoms with Crippen molar-refractivity contribution in [2.75, 3.05) is 0 Å². The molecule has 0 fully saturated rings. The van der Waals surface area contributed by atoms with Gasteiger partial charge in [-0.3, -0.25) is 14.3 Å². The van der Waals surface area contributed by atoms with Crippen LogP contribution >= 0.6 is 0 Å². The van der Waals surface area contributed by atoms with Gasteiger partial charge in [-0.15, -0.1) is 0 Å². The molecule has 0 aliphatic rings. The first-order valence-corrected chi connectivity index (χ1v) is 9.48. The number of hydrogen-bond acceptors (Lipinski definition) is 4. The van der Waals surface area contributed by atoms with Gasteiger partial charge in [-0.1, -0.05) is 48.5 Å². The Morgan fingerprint density at radius 2 is 1.83 bits per heavy atom. The molecule has 148 valence electrons. The maximum atomic E-state index is 13.1. The fourth-order valence-electron chi connectivity index (χ4n) is 3.26. The quantitative estimate of drug-likeness (QED) is 0.577. The van der Waals surface area contributed by atoms with Crippen molar-refractivity contribution < 1.29 is 9.59 Å². The Balaban J connectivity index is 1.92. The largest absolute Gasteiger partial charge is 0.367 e. The van der Waals surface area contributed by atoms with Crippen LogP contribution in [0.3, 0.4) is 0 Å². The van der Waals surface area contributed by atoms with Gasteiger partial charge in [0, 0.05) is 18.4 Å². The number of nitriles is 1. The summed E-state index contributed by atoms with van der Waals surface area (Å²) in [6, 6.07) is 18.5. The van der Waals surface area contributed by atoms with Crippen molar-refractivity contribution in [2.24, 2.45) is 5.73 Å². The molecule has 0 unspecified atom stereocenters. The number of hydrogen-bond donors (Lipinski definition) is 2. The molecule has 0 spiro atoms. The molecule has 1 atom stereocenters. The monoisotopic (exact) mass is 389 g/mol. The number of primary amides is 1. The van der Waals surface area contributed by atoms with Crippen LogP contribution in [-0.2, 0) is 16.9 Å². The average Bonchev–Trinajstić information content (AvgIpc) is 3.10. The molecule has 0 saturated heterocycles. The van der Waals surface area contributed by atoms with E-state index in [1.807, 2.05) is 30.3 Å². The van der Waals surface area contributed by atoms with E-state index in [2.05, 4.69) is 16.5 Å². The van der Waals surface area contributed by atoms with Gasteiger partial charge in [-0.05, 0) is 31.4 Å². The van der Waals surface area contributed by atoms with E-state index in [-0.39, 0.29) is 5.69 Å². The van der Waals surface area contributed by atoms with E-state index in [4.69, 9.17) is 11.0 Å². The predicted molar refractivity (Wildman–Crippen MR) is 110 cm³/mol. The summed E-state index contributed by atoms with van der Waals surface area (Å²) in [7, 11) is 0. The third-order valence-corrected chi connectivity index (χ3v) is 4.99. The lowest BCUT2D eigenvalue weighted by Gasteiger charge is -2.27. The summed E-state index contributed by atoms with van der Waals surface area (Å²) >= 11 is 0. The number of para-hydroxylation sites is 1. The third-order valence-electron chi connectivity index (χ3n) is 4.99. The highest BCUT2D eigenvalue weighted by Gasteiger charge is 2.36. The summed E-state index contributed by atoms with van der Waals surface area (Å²) in [5.41, 5.74) is 5.94. The van der Waals surface area contributed by atoms with Crippen LogP contribution in [0.1, 0.15) is 42.2 Å². The highest BCUT2D eigenvalue weighted by atomic mass is 16.2. The second-order valence-electron chi connectivity index (χ2n) is 7.01. The maximum absolute atomic E-state index is 13.1. The number of nitrogens with two attached hydrogens (primary N) is 1. The average molecular weight is 389 g/mol. The normalized spacial score (nSPS) is 12.8. The zero-order valence-corrected chi connectivity index (χ0v) is 16.3. The van der Waals surface area contributed by atoms with E-state index in [0.717, 1.165) is 18.4 Å². The van der Waals surface area contributed by atoms with Crippen LogP contribution in [0.2, 0.25) is 0 Å². The molecule has 29 heavy (non-hydrogen) atoms. The second-order valence-corrected chi connectivity index (χ2v) is 7.01. The van der Waals surface area contributed by atoms with E-state index in [0.29, 0.717) is 23.9 Å². The number of carbonyl (C=O) groups excluding carboxylic acids is 2. The number of aromatic nitrogens is 2. The number of amides is 2. The van der Waals surface area contributed by atoms with Crippen LogP contribution in [0.15, 0.2) is 54.6 Å². The summed E-state index contributed by atoms with van der Waals surface area (Å²) in [4.78, 5) is 25.3. The second kappa shape index (κ2) is 8.57. The van der Waals surface area contributed by atoms with Crippen molar-refractivity contribution in [2.45, 2.75) is 38.3 Å². The van der Waals surface area contributed by atoms with Crippen LogP contribution in [0.4, 0.5) is 0 Å². The van der Waals surface area contributed by atoms with Crippen molar-refractivity contribution >= 4 is 22.7 Å². The molecule has 0 aliphatic heterocycles. The third kappa shape index (κ3) is 4.11. The SMILES string of the molecule is C[C@@](NC(=O)c1nn(CCCCC#N)c2ccccc12)(C(N)=O)c1ccccc1. The number of nitrogens with one attached hydrogen (secondary N) is 1. The molecular formula is C22H23N5O2. The number of benzene rings is 2. The first kappa shape index (κ1) is 20.1. The van der Waals surface area contributed by atoms with Gasteiger partial charge in [0.05, 0.1) is 11.6 Å². The molecule has 2 amide bonds. The molecule has 0 radical (unpaired) electrons. The van der Waals surface area contributed by atoms with Gasteiger partial charge in [0.1, 0.15) is 5.54 Å². The lowest BCUT2D eigenvalue weighted by molar-refractivity contribution is -0.123. The Morgan fingerprint density at radius 1 is 1.14 bits per heavy atom. The number of carbonyl (C=O) groups is 2. The highest BCUT2D eigenvalue weighted by Crippen LogP contribution is 2.23. The van der Waals surface area contributed by atoms with Crippen LogP contribution in [0, 0.1) is 11.3 Å². The van der Waals surface area contributed by atoms with Crippen molar-refractivity contribution in [3.63, 3.8) is 0 Å². The summed E-state index contributed by atoms with van der Waals surface area (Å²) in [6.45, 7) is 2.19. The van der Waals surface area contributed by atoms with Crippen molar-refractivity contribution in [1.82, 2.24) is 15.1 Å². The topological polar surface area (TPSA) is 114 Å². The number of rotatable bonds is 8. The van der Waals surface area contributed by atoms with Crippen molar-refractivity contribution in [3.8, 4) is 6.07 Å². The molecule has 1 aromatic heterocycles. The Morgan fingerprint density at radius 3 is 2.52 bits per heavy atom. The molecule has 7 heteroatoms.